The number of aliphatic hydroxyl groups is 1. The molecular formula is C12H17NO3S. The van der Waals surface area contributed by atoms with Crippen LogP contribution < -0.4 is 5.32 Å². The second-order valence-electron chi connectivity index (χ2n) is 3.49. The molecule has 1 aromatic rings. The van der Waals surface area contributed by atoms with E-state index in [1.807, 2.05) is 19.1 Å². The van der Waals surface area contributed by atoms with Gasteiger partial charge in [-0.1, -0.05) is 6.92 Å². The van der Waals surface area contributed by atoms with Crippen molar-refractivity contribution in [3.63, 3.8) is 0 Å². The number of amides is 1. The van der Waals surface area contributed by atoms with Crippen molar-refractivity contribution in [2.24, 2.45) is 0 Å². The molecule has 94 valence electrons. The molecule has 0 spiro atoms. The van der Waals surface area contributed by atoms with Gasteiger partial charge in [-0.3, -0.25) is 4.79 Å². The van der Waals surface area contributed by atoms with E-state index in [0.29, 0.717) is 5.75 Å². The van der Waals surface area contributed by atoms with E-state index in [0.717, 1.165) is 12.2 Å². The second kappa shape index (κ2) is 7.97. The predicted octanol–water partition coefficient (Wildman–Crippen LogP) is 1.91. The Labute approximate surface area is 105 Å². The summed E-state index contributed by atoms with van der Waals surface area (Å²) in [4.78, 5) is 11.4. The fourth-order valence-corrected chi connectivity index (χ4v) is 1.81. The molecule has 2 N–H and O–H groups in total. The summed E-state index contributed by atoms with van der Waals surface area (Å²) in [6.07, 6.45) is 3.81. The van der Waals surface area contributed by atoms with Crippen LogP contribution in [0.3, 0.4) is 0 Å². The van der Waals surface area contributed by atoms with E-state index in [4.69, 9.17) is 9.52 Å². The Morgan fingerprint density at radius 2 is 2.53 bits per heavy atom. The summed E-state index contributed by atoms with van der Waals surface area (Å²) in [6, 6.07) is 3.56. The average Bonchev–Trinajstić information content (AvgIpc) is 2.84. The van der Waals surface area contributed by atoms with E-state index in [1.165, 1.54) is 17.8 Å². The minimum absolute atomic E-state index is 0.0321. The van der Waals surface area contributed by atoms with Crippen LogP contribution in [-0.2, 0) is 10.5 Å². The van der Waals surface area contributed by atoms with Crippen molar-refractivity contribution in [1.82, 2.24) is 5.32 Å². The molecule has 0 fully saturated rings. The molecule has 0 saturated carbocycles. The number of thioether (sulfide) groups is 1. The molecule has 4 nitrogen and oxygen atoms in total. The summed E-state index contributed by atoms with van der Waals surface area (Å²) in [7, 11) is 0. The van der Waals surface area contributed by atoms with Crippen molar-refractivity contribution < 1.29 is 14.3 Å². The predicted molar refractivity (Wildman–Crippen MR) is 68.5 cm³/mol. The Bertz CT molecular complexity index is 345. The maximum absolute atomic E-state index is 11.4. The van der Waals surface area contributed by atoms with Crippen LogP contribution in [0.5, 0.6) is 0 Å². The lowest BCUT2D eigenvalue weighted by molar-refractivity contribution is -0.117. The van der Waals surface area contributed by atoms with Crippen LogP contribution in [0.25, 0.3) is 0 Å². The van der Waals surface area contributed by atoms with Crippen LogP contribution in [-0.4, -0.2) is 23.7 Å². The van der Waals surface area contributed by atoms with Gasteiger partial charge in [0.05, 0.1) is 24.7 Å². The molecule has 17 heavy (non-hydrogen) atoms. The molecule has 5 heteroatoms. The van der Waals surface area contributed by atoms with E-state index >= 15 is 0 Å². The third-order valence-electron chi connectivity index (χ3n) is 2.18. The number of nitrogens with one attached hydrogen (secondary N) is 1. The van der Waals surface area contributed by atoms with E-state index in [2.05, 4.69) is 5.32 Å². The number of hydrogen-bond donors (Lipinski definition) is 2. The van der Waals surface area contributed by atoms with Crippen molar-refractivity contribution in [3.8, 4) is 0 Å². The molecule has 0 aliphatic heterocycles. The van der Waals surface area contributed by atoms with Crippen molar-refractivity contribution in [3.05, 3.63) is 35.6 Å². The van der Waals surface area contributed by atoms with E-state index in [1.54, 1.807) is 11.7 Å². The van der Waals surface area contributed by atoms with Gasteiger partial charge in [-0.25, -0.2) is 0 Å². The smallest absolute Gasteiger partial charge is 0.244 e. The maximum Gasteiger partial charge on any atom is 0.244 e. The largest absolute Gasteiger partial charge is 0.468 e. The lowest BCUT2D eigenvalue weighted by Gasteiger charge is -2.11. The molecule has 1 amide bonds. The van der Waals surface area contributed by atoms with Crippen molar-refractivity contribution in [1.29, 1.82) is 0 Å². The van der Waals surface area contributed by atoms with Gasteiger partial charge in [-0.05, 0) is 24.0 Å². The second-order valence-corrected chi connectivity index (χ2v) is 4.38. The summed E-state index contributed by atoms with van der Waals surface area (Å²) < 4.78 is 5.15. The van der Waals surface area contributed by atoms with Crippen LogP contribution in [0.15, 0.2) is 34.3 Å². The van der Waals surface area contributed by atoms with Gasteiger partial charge in [-0.15, -0.1) is 11.8 Å². The van der Waals surface area contributed by atoms with Gasteiger partial charge in [-0.2, -0.15) is 0 Å². The average molecular weight is 255 g/mol. The highest BCUT2D eigenvalue weighted by atomic mass is 32.2. The minimum Gasteiger partial charge on any atom is -0.468 e. The normalized spacial score (nSPS) is 12.8. The SMILES string of the molecule is CCC(CO)NC(=O)/C=C/SCc1ccco1. The Morgan fingerprint density at radius 1 is 1.71 bits per heavy atom. The van der Waals surface area contributed by atoms with Gasteiger partial charge in [0, 0.05) is 6.08 Å². The number of carbonyl (C=O) groups excluding carboxylic acids is 1. The Morgan fingerprint density at radius 3 is 3.12 bits per heavy atom. The molecule has 0 bridgehead atoms. The van der Waals surface area contributed by atoms with Crippen LogP contribution in [0.1, 0.15) is 19.1 Å². The van der Waals surface area contributed by atoms with Crippen LogP contribution in [0, 0.1) is 0 Å². The van der Waals surface area contributed by atoms with Gasteiger partial charge < -0.3 is 14.8 Å². The van der Waals surface area contributed by atoms with Crippen LogP contribution in [0.4, 0.5) is 0 Å². The highest BCUT2D eigenvalue weighted by Gasteiger charge is 2.05. The molecule has 1 heterocycles. The number of rotatable bonds is 7. The fraction of sp³-hybridized carbons (Fsp3) is 0.417. The number of hydrogen-bond acceptors (Lipinski definition) is 4. The summed E-state index contributed by atoms with van der Waals surface area (Å²) >= 11 is 1.48. The number of carbonyl (C=O) groups is 1. The third-order valence-corrected chi connectivity index (χ3v) is 2.96. The summed E-state index contributed by atoms with van der Waals surface area (Å²) in [5.74, 6) is 1.40. The first kappa shape index (κ1) is 13.9. The zero-order valence-electron chi connectivity index (χ0n) is 9.76. The first-order chi connectivity index (χ1) is 8.26. The molecule has 0 aromatic carbocycles. The highest BCUT2D eigenvalue weighted by molar-refractivity contribution is 8.01. The quantitative estimate of drug-likeness (QED) is 0.731. The monoisotopic (exact) mass is 255 g/mol. The number of aliphatic hydroxyl groups excluding tert-OH is 1. The fourth-order valence-electron chi connectivity index (χ4n) is 1.16. The Kier molecular flexibility index (Phi) is 6.50. The molecule has 1 rings (SSSR count). The summed E-state index contributed by atoms with van der Waals surface area (Å²) in [5.41, 5.74) is 0. The summed E-state index contributed by atoms with van der Waals surface area (Å²) in [6.45, 7) is 1.88. The maximum atomic E-state index is 11.4. The first-order valence-electron chi connectivity index (χ1n) is 5.48. The molecule has 1 aromatic heterocycles. The van der Waals surface area contributed by atoms with Gasteiger partial charge in [0.2, 0.25) is 5.91 Å². The van der Waals surface area contributed by atoms with E-state index in [9.17, 15) is 4.79 Å². The Hall–Kier alpha value is -1.20. The molecule has 1 atom stereocenters. The topological polar surface area (TPSA) is 62.5 Å². The molecule has 1 unspecified atom stereocenters. The lowest BCUT2D eigenvalue weighted by atomic mass is 10.2. The summed E-state index contributed by atoms with van der Waals surface area (Å²) in [5, 5.41) is 13.3. The molecule has 0 aliphatic rings. The highest BCUT2D eigenvalue weighted by Crippen LogP contribution is 2.13. The van der Waals surface area contributed by atoms with Gasteiger partial charge >= 0.3 is 0 Å². The van der Waals surface area contributed by atoms with Crippen LogP contribution in [0.2, 0.25) is 0 Å². The zero-order valence-corrected chi connectivity index (χ0v) is 10.6. The Balaban J connectivity index is 2.21. The zero-order chi connectivity index (χ0) is 12.5. The molecular weight excluding hydrogens is 238 g/mol. The van der Waals surface area contributed by atoms with Crippen molar-refractivity contribution in [2.75, 3.05) is 6.61 Å². The van der Waals surface area contributed by atoms with Crippen molar-refractivity contribution >= 4 is 17.7 Å². The number of furan rings is 1. The van der Waals surface area contributed by atoms with E-state index in [-0.39, 0.29) is 18.6 Å². The van der Waals surface area contributed by atoms with Crippen molar-refractivity contribution in [2.45, 2.75) is 25.1 Å². The molecule has 0 aliphatic carbocycles. The van der Waals surface area contributed by atoms with Gasteiger partial charge in [0.25, 0.3) is 0 Å². The van der Waals surface area contributed by atoms with E-state index < -0.39 is 0 Å². The van der Waals surface area contributed by atoms with Crippen LogP contribution >= 0.6 is 11.8 Å². The van der Waals surface area contributed by atoms with Gasteiger partial charge in [0.15, 0.2) is 0 Å². The standard InChI is InChI=1S/C12H17NO3S/c1-2-10(8-14)13-12(15)5-7-17-9-11-4-3-6-16-11/h3-7,10,14H,2,8-9H2,1H3,(H,13,15)/b7-5+. The minimum atomic E-state index is -0.183. The van der Waals surface area contributed by atoms with Gasteiger partial charge in [0.1, 0.15) is 5.76 Å². The first-order valence-corrected chi connectivity index (χ1v) is 6.53. The third kappa shape index (κ3) is 5.60. The molecule has 0 saturated heterocycles. The molecule has 0 radical (unpaired) electrons. The lowest BCUT2D eigenvalue weighted by Crippen LogP contribution is -2.35.